The Kier molecular flexibility index (Phi) is 3.75. The van der Waals surface area contributed by atoms with Gasteiger partial charge in [-0.1, -0.05) is 32.9 Å². The maximum absolute atomic E-state index is 5.56. The standard InChI is InChI=1S/C13H21NO/c1-13(2,3)11-9-10(7-8-14)5-6-12(11)15-4/h5-6,9H,7-8,14H2,1-4H3. The average Bonchev–Trinajstić information content (AvgIpc) is 2.17. The molecule has 1 aromatic rings. The molecular formula is C13H21NO. The van der Waals surface area contributed by atoms with Gasteiger partial charge in [0, 0.05) is 0 Å². The van der Waals surface area contributed by atoms with E-state index in [-0.39, 0.29) is 5.41 Å². The zero-order valence-corrected chi connectivity index (χ0v) is 10.1. The molecule has 0 radical (unpaired) electrons. The van der Waals surface area contributed by atoms with Crippen molar-refractivity contribution in [2.75, 3.05) is 13.7 Å². The quantitative estimate of drug-likeness (QED) is 0.826. The Labute approximate surface area is 92.4 Å². The van der Waals surface area contributed by atoms with Gasteiger partial charge in [0.05, 0.1) is 7.11 Å². The molecule has 2 N–H and O–H groups in total. The third kappa shape index (κ3) is 2.96. The van der Waals surface area contributed by atoms with Crippen molar-refractivity contribution >= 4 is 0 Å². The summed E-state index contributed by atoms with van der Waals surface area (Å²) in [6.07, 6.45) is 0.924. The van der Waals surface area contributed by atoms with Gasteiger partial charge in [0.2, 0.25) is 0 Å². The first-order chi connectivity index (χ1) is 6.99. The van der Waals surface area contributed by atoms with Crippen molar-refractivity contribution in [3.8, 4) is 5.75 Å². The van der Waals surface area contributed by atoms with E-state index < -0.39 is 0 Å². The minimum absolute atomic E-state index is 0.107. The zero-order valence-electron chi connectivity index (χ0n) is 10.1. The molecule has 15 heavy (non-hydrogen) atoms. The number of hydrogen-bond acceptors (Lipinski definition) is 2. The van der Waals surface area contributed by atoms with Crippen molar-refractivity contribution in [3.63, 3.8) is 0 Å². The van der Waals surface area contributed by atoms with Gasteiger partial charge in [-0.05, 0) is 35.6 Å². The molecule has 0 aromatic heterocycles. The molecule has 0 amide bonds. The highest BCUT2D eigenvalue weighted by atomic mass is 16.5. The third-order valence-corrected chi connectivity index (χ3v) is 2.50. The summed E-state index contributed by atoms with van der Waals surface area (Å²) < 4.78 is 5.37. The second-order valence-electron chi connectivity index (χ2n) is 4.82. The highest BCUT2D eigenvalue weighted by molar-refractivity contribution is 5.41. The van der Waals surface area contributed by atoms with Crippen molar-refractivity contribution in [2.24, 2.45) is 5.73 Å². The van der Waals surface area contributed by atoms with Crippen LogP contribution in [0.2, 0.25) is 0 Å². The highest BCUT2D eigenvalue weighted by Gasteiger charge is 2.18. The van der Waals surface area contributed by atoms with Gasteiger partial charge in [-0.25, -0.2) is 0 Å². The molecule has 84 valence electrons. The van der Waals surface area contributed by atoms with Crippen molar-refractivity contribution < 1.29 is 4.74 Å². The molecule has 1 aromatic carbocycles. The Balaban J connectivity index is 3.13. The lowest BCUT2D eigenvalue weighted by Crippen LogP contribution is -2.14. The number of benzene rings is 1. The monoisotopic (exact) mass is 207 g/mol. The van der Waals surface area contributed by atoms with Crippen LogP contribution >= 0.6 is 0 Å². The molecule has 2 heteroatoms. The number of nitrogens with two attached hydrogens (primary N) is 1. The van der Waals surface area contributed by atoms with Gasteiger partial charge in [-0.3, -0.25) is 0 Å². The first kappa shape index (κ1) is 12.1. The van der Waals surface area contributed by atoms with Gasteiger partial charge in [-0.15, -0.1) is 0 Å². The lowest BCUT2D eigenvalue weighted by Gasteiger charge is -2.22. The Bertz CT molecular complexity index is 326. The second-order valence-corrected chi connectivity index (χ2v) is 4.82. The summed E-state index contributed by atoms with van der Waals surface area (Å²) in [7, 11) is 1.72. The summed E-state index contributed by atoms with van der Waals surface area (Å²) in [6.45, 7) is 7.27. The number of methoxy groups -OCH3 is 1. The Morgan fingerprint density at radius 2 is 1.93 bits per heavy atom. The topological polar surface area (TPSA) is 35.2 Å². The van der Waals surface area contributed by atoms with E-state index in [0.29, 0.717) is 6.54 Å². The van der Waals surface area contributed by atoms with E-state index in [1.54, 1.807) is 7.11 Å². The van der Waals surface area contributed by atoms with Gasteiger partial charge in [0.1, 0.15) is 5.75 Å². The lowest BCUT2D eigenvalue weighted by atomic mass is 9.85. The molecule has 0 saturated carbocycles. The van der Waals surface area contributed by atoms with Gasteiger partial charge in [-0.2, -0.15) is 0 Å². The predicted molar refractivity (Wildman–Crippen MR) is 64.5 cm³/mol. The molecule has 0 aliphatic heterocycles. The average molecular weight is 207 g/mol. The molecule has 0 unspecified atom stereocenters. The normalized spacial score (nSPS) is 11.5. The maximum Gasteiger partial charge on any atom is 0.122 e. The molecule has 0 heterocycles. The van der Waals surface area contributed by atoms with Gasteiger partial charge in [0.15, 0.2) is 0 Å². The first-order valence-electron chi connectivity index (χ1n) is 5.36. The van der Waals surface area contributed by atoms with Crippen LogP contribution in [-0.4, -0.2) is 13.7 Å². The lowest BCUT2D eigenvalue weighted by molar-refractivity contribution is 0.397. The van der Waals surface area contributed by atoms with E-state index in [0.717, 1.165) is 12.2 Å². The summed E-state index contributed by atoms with van der Waals surface area (Å²) in [5.41, 5.74) is 8.19. The van der Waals surface area contributed by atoms with E-state index in [4.69, 9.17) is 10.5 Å². The van der Waals surface area contributed by atoms with Crippen molar-refractivity contribution in [1.29, 1.82) is 0 Å². The Morgan fingerprint density at radius 3 is 2.40 bits per heavy atom. The van der Waals surface area contributed by atoms with Crippen LogP contribution in [0.5, 0.6) is 5.75 Å². The number of rotatable bonds is 3. The minimum atomic E-state index is 0.107. The van der Waals surface area contributed by atoms with Crippen LogP contribution < -0.4 is 10.5 Å². The summed E-state index contributed by atoms with van der Waals surface area (Å²) in [5, 5.41) is 0. The van der Waals surface area contributed by atoms with Crippen LogP contribution in [-0.2, 0) is 11.8 Å². The predicted octanol–water partition coefficient (Wildman–Crippen LogP) is 2.49. The van der Waals surface area contributed by atoms with E-state index in [1.165, 1.54) is 11.1 Å². The van der Waals surface area contributed by atoms with Crippen LogP contribution in [0.25, 0.3) is 0 Å². The SMILES string of the molecule is COc1ccc(CCN)cc1C(C)(C)C. The second kappa shape index (κ2) is 4.67. The van der Waals surface area contributed by atoms with Crippen LogP contribution in [0, 0.1) is 0 Å². The van der Waals surface area contributed by atoms with E-state index in [1.807, 2.05) is 6.07 Å². The van der Waals surface area contributed by atoms with Crippen molar-refractivity contribution in [2.45, 2.75) is 32.6 Å². The van der Waals surface area contributed by atoms with E-state index in [9.17, 15) is 0 Å². The maximum atomic E-state index is 5.56. The summed E-state index contributed by atoms with van der Waals surface area (Å²) in [5.74, 6) is 0.961. The summed E-state index contributed by atoms with van der Waals surface area (Å²) >= 11 is 0. The van der Waals surface area contributed by atoms with Gasteiger partial charge < -0.3 is 10.5 Å². The molecule has 0 saturated heterocycles. The van der Waals surface area contributed by atoms with Crippen LogP contribution in [0.15, 0.2) is 18.2 Å². The minimum Gasteiger partial charge on any atom is -0.496 e. The fraction of sp³-hybridized carbons (Fsp3) is 0.538. The summed E-state index contributed by atoms with van der Waals surface area (Å²) in [4.78, 5) is 0. The molecule has 1 rings (SSSR count). The fourth-order valence-corrected chi connectivity index (χ4v) is 1.66. The van der Waals surface area contributed by atoms with Gasteiger partial charge >= 0.3 is 0 Å². The Morgan fingerprint density at radius 1 is 1.27 bits per heavy atom. The van der Waals surface area contributed by atoms with Crippen LogP contribution in [0.1, 0.15) is 31.9 Å². The molecule has 0 aliphatic rings. The molecule has 0 atom stereocenters. The third-order valence-electron chi connectivity index (χ3n) is 2.50. The van der Waals surface area contributed by atoms with Crippen LogP contribution in [0.3, 0.4) is 0 Å². The molecule has 0 spiro atoms. The van der Waals surface area contributed by atoms with E-state index in [2.05, 4.69) is 32.9 Å². The Hall–Kier alpha value is -1.02. The smallest absolute Gasteiger partial charge is 0.122 e. The molecule has 0 aliphatic carbocycles. The summed E-state index contributed by atoms with van der Waals surface area (Å²) in [6, 6.07) is 6.32. The number of ether oxygens (including phenoxy) is 1. The van der Waals surface area contributed by atoms with Crippen LogP contribution in [0.4, 0.5) is 0 Å². The van der Waals surface area contributed by atoms with Crippen molar-refractivity contribution in [3.05, 3.63) is 29.3 Å². The molecular weight excluding hydrogens is 186 g/mol. The van der Waals surface area contributed by atoms with Crippen molar-refractivity contribution in [1.82, 2.24) is 0 Å². The molecule has 0 fully saturated rings. The molecule has 0 bridgehead atoms. The number of hydrogen-bond donors (Lipinski definition) is 1. The highest BCUT2D eigenvalue weighted by Crippen LogP contribution is 2.31. The molecule has 2 nitrogen and oxygen atoms in total. The zero-order chi connectivity index (χ0) is 11.5. The van der Waals surface area contributed by atoms with Gasteiger partial charge in [0.25, 0.3) is 0 Å². The largest absolute Gasteiger partial charge is 0.496 e. The first-order valence-corrected chi connectivity index (χ1v) is 5.36. The fourth-order valence-electron chi connectivity index (χ4n) is 1.66. The van der Waals surface area contributed by atoms with E-state index >= 15 is 0 Å².